The fourth-order valence-corrected chi connectivity index (χ4v) is 2.69. The quantitative estimate of drug-likeness (QED) is 0.281. The maximum Gasteiger partial charge on any atom is 0.200 e. The van der Waals surface area contributed by atoms with Gasteiger partial charge in [0, 0.05) is 18.0 Å². The van der Waals surface area contributed by atoms with E-state index in [1.165, 1.54) is 12.3 Å². The average Bonchev–Trinajstić information content (AvgIpc) is 3.09. The van der Waals surface area contributed by atoms with Gasteiger partial charge in [0.15, 0.2) is 34.2 Å². The molecule has 0 aliphatic carbocycles. The van der Waals surface area contributed by atoms with Crippen molar-refractivity contribution in [2.45, 2.75) is 13.5 Å². The van der Waals surface area contributed by atoms with E-state index in [0.717, 1.165) is 15.9 Å². The molecule has 146 valence electrons. The average molecular weight is 412 g/mol. The van der Waals surface area contributed by atoms with Gasteiger partial charge in [0.1, 0.15) is 0 Å². The van der Waals surface area contributed by atoms with Gasteiger partial charge in [0.05, 0.1) is 12.1 Å². The van der Waals surface area contributed by atoms with Gasteiger partial charge in [-0.25, -0.2) is 22.0 Å². The molecule has 3 aromatic rings. The van der Waals surface area contributed by atoms with E-state index in [4.69, 9.17) is 12.2 Å². The molecule has 0 unspecified atom stereocenters. The van der Waals surface area contributed by atoms with Crippen LogP contribution in [0.25, 0.3) is 0 Å². The lowest BCUT2D eigenvalue weighted by atomic mass is 10.1. The molecule has 2 N–H and O–H groups in total. The fraction of sp³-hybridized carbons (Fsp3) is 0.111. The van der Waals surface area contributed by atoms with Crippen LogP contribution in [0.4, 0.5) is 33.5 Å². The number of hydrogen-bond donors (Lipinski definition) is 2. The second-order valence-corrected chi connectivity index (χ2v) is 6.30. The molecule has 0 bridgehead atoms. The molecule has 0 fully saturated rings. The zero-order valence-electron chi connectivity index (χ0n) is 14.4. The molecule has 3 rings (SSSR count). The molecule has 4 nitrogen and oxygen atoms in total. The molecule has 0 radical (unpaired) electrons. The lowest BCUT2D eigenvalue weighted by Gasteiger charge is -2.10. The molecule has 28 heavy (non-hydrogen) atoms. The number of benzene rings is 2. The van der Waals surface area contributed by atoms with Gasteiger partial charge in [-0.1, -0.05) is 12.1 Å². The first kappa shape index (κ1) is 19.7. The van der Waals surface area contributed by atoms with E-state index in [1.807, 2.05) is 31.2 Å². The minimum absolute atomic E-state index is 0.215. The summed E-state index contributed by atoms with van der Waals surface area (Å²) in [6.45, 7) is 1.27. The molecule has 0 aliphatic heterocycles. The van der Waals surface area contributed by atoms with Gasteiger partial charge < -0.3 is 10.6 Å². The maximum atomic E-state index is 13.8. The topological polar surface area (TPSA) is 41.9 Å². The minimum Gasteiger partial charge on any atom is -0.332 e. The van der Waals surface area contributed by atoms with Gasteiger partial charge in [0.25, 0.3) is 0 Å². The largest absolute Gasteiger partial charge is 0.332 e. The van der Waals surface area contributed by atoms with Crippen LogP contribution in [0.1, 0.15) is 11.1 Å². The monoisotopic (exact) mass is 412 g/mol. The molecule has 10 heteroatoms. The van der Waals surface area contributed by atoms with E-state index < -0.39 is 41.2 Å². The Morgan fingerprint density at radius 1 is 0.964 bits per heavy atom. The summed E-state index contributed by atoms with van der Waals surface area (Å²) >= 11 is 5.16. The number of nitrogens with zero attached hydrogens (tertiary/aromatic N) is 2. The number of anilines is 2. The number of nitrogens with one attached hydrogen (secondary N) is 2. The molecule has 0 aliphatic rings. The molecule has 0 amide bonds. The van der Waals surface area contributed by atoms with Crippen LogP contribution in [-0.2, 0) is 6.54 Å². The van der Waals surface area contributed by atoms with E-state index in [1.54, 1.807) is 0 Å². The molecular formula is C18H13F5N4S. The highest BCUT2D eigenvalue weighted by atomic mass is 32.1. The zero-order chi connectivity index (χ0) is 20.4. The number of aromatic nitrogens is 2. The van der Waals surface area contributed by atoms with Crippen LogP contribution < -0.4 is 10.6 Å². The molecular weight excluding hydrogens is 399 g/mol. The second kappa shape index (κ2) is 7.93. The van der Waals surface area contributed by atoms with Crippen LogP contribution >= 0.6 is 12.2 Å². The smallest absolute Gasteiger partial charge is 0.200 e. The van der Waals surface area contributed by atoms with Gasteiger partial charge in [-0.15, -0.1) is 0 Å². The summed E-state index contributed by atoms with van der Waals surface area (Å²) in [7, 11) is 0. The standard InChI is InChI=1S/C18H13F5N4S/c1-9-3-2-4-10(7-9)24-18(28)25-12-5-6-27(26-12)8-11-13(19)15(21)17(23)16(22)14(11)20/h2-7H,8H2,1H3,(H2,24,25,26,28). The molecule has 0 atom stereocenters. The Bertz CT molecular complexity index is 1020. The van der Waals surface area contributed by atoms with Crippen LogP contribution in [0, 0.1) is 36.0 Å². The van der Waals surface area contributed by atoms with Crippen LogP contribution in [0.5, 0.6) is 0 Å². The van der Waals surface area contributed by atoms with Crippen molar-refractivity contribution >= 4 is 28.8 Å². The summed E-state index contributed by atoms with van der Waals surface area (Å²) in [6, 6.07) is 8.89. The Hall–Kier alpha value is -3.01. The first-order chi connectivity index (χ1) is 13.3. The maximum absolute atomic E-state index is 13.8. The Labute approximate surface area is 162 Å². The highest BCUT2D eigenvalue weighted by Gasteiger charge is 2.25. The first-order valence-electron chi connectivity index (χ1n) is 7.94. The third kappa shape index (κ3) is 4.11. The van der Waals surface area contributed by atoms with Crippen molar-refractivity contribution in [3.05, 3.63) is 76.7 Å². The highest BCUT2D eigenvalue weighted by Crippen LogP contribution is 2.23. The third-order valence-electron chi connectivity index (χ3n) is 3.78. The van der Waals surface area contributed by atoms with Crippen molar-refractivity contribution in [3.63, 3.8) is 0 Å². The van der Waals surface area contributed by atoms with Gasteiger partial charge in [0.2, 0.25) is 5.82 Å². The number of aryl methyl sites for hydroxylation is 1. The number of halogens is 5. The fourth-order valence-electron chi connectivity index (χ4n) is 2.47. The van der Waals surface area contributed by atoms with E-state index in [-0.39, 0.29) is 10.9 Å². The Kier molecular flexibility index (Phi) is 5.59. The summed E-state index contributed by atoms with van der Waals surface area (Å²) in [5.74, 6) is -9.75. The molecule has 0 spiro atoms. The van der Waals surface area contributed by atoms with E-state index >= 15 is 0 Å². The highest BCUT2D eigenvalue weighted by molar-refractivity contribution is 7.80. The van der Waals surface area contributed by atoms with Crippen LogP contribution in [-0.4, -0.2) is 14.9 Å². The number of thiocarbonyl (C=S) groups is 1. The summed E-state index contributed by atoms with van der Waals surface area (Å²) in [5, 5.41) is 9.90. The van der Waals surface area contributed by atoms with Crippen LogP contribution in [0.2, 0.25) is 0 Å². The lowest BCUT2D eigenvalue weighted by molar-refractivity contribution is 0.367. The molecule has 2 aromatic carbocycles. The number of hydrogen-bond acceptors (Lipinski definition) is 2. The Morgan fingerprint density at radius 3 is 2.25 bits per heavy atom. The van der Waals surface area contributed by atoms with E-state index in [0.29, 0.717) is 0 Å². The molecule has 1 heterocycles. The second-order valence-electron chi connectivity index (χ2n) is 5.90. The Balaban J connectivity index is 1.72. The first-order valence-corrected chi connectivity index (χ1v) is 8.35. The van der Waals surface area contributed by atoms with Crippen molar-refractivity contribution in [1.29, 1.82) is 0 Å². The summed E-state index contributed by atoms with van der Waals surface area (Å²) in [5.41, 5.74) is 0.796. The molecule has 0 saturated carbocycles. The Morgan fingerprint density at radius 2 is 1.61 bits per heavy atom. The molecule has 1 aromatic heterocycles. The minimum atomic E-state index is -2.20. The van der Waals surface area contributed by atoms with Crippen LogP contribution in [0.15, 0.2) is 36.5 Å². The van der Waals surface area contributed by atoms with Crippen molar-refractivity contribution in [2.24, 2.45) is 0 Å². The predicted octanol–water partition coefficient (Wildman–Crippen LogP) is 4.74. The van der Waals surface area contributed by atoms with Crippen molar-refractivity contribution in [1.82, 2.24) is 9.78 Å². The zero-order valence-corrected chi connectivity index (χ0v) is 15.2. The SMILES string of the molecule is Cc1cccc(NC(=S)Nc2ccn(Cc3c(F)c(F)c(F)c(F)c3F)n2)c1. The van der Waals surface area contributed by atoms with E-state index in [2.05, 4.69) is 15.7 Å². The van der Waals surface area contributed by atoms with Gasteiger partial charge in [-0.05, 0) is 36.8 Å². The molecule has 0 saturated heterocycles. The predicted molar refractivity (Wildman–Crippen MR) is 98.6 cm³/mol. The normalized spacial score (nSPS) is 10.8. The van der Waals surface area contributed by atoms with Gasteiger partial charge >= 0.3 is 0 Å². The van der Waals surface area contributed by atoms with Crippen LogP contribution in [0.3, 0.4) is 0 Å². The van der Waals surface area contributed by atoms with Gasteiger partial charge in [-0.3, -0.25) is 4.68 Å². The summed E-state index contributed by atoms with van der Waals surface area (Å²) in [4.78, 5) is 0. The number of rotatable bonds is 4. The lowest BCUT2D eigenvalue weighted by Crippen LogP contribution is -2.19. The van der Waals surface area contributed by atoms with Gasteiger partial charge in [-0.2, -0.15) is 5.10 Å². The van der Waals surface area contributed by atoms with Crippen molar-refractivity contribution in [2.75, 3.05) is 10.6 Å². The van der Waals surface area contributed by atoms with E-state index in [9.17, 15) is 22.0 Å². The van der Waals surface area contributed by atoms with Crippen molar-refractivity contribution in [3.8, 4) is 0 Å². The summed E-state index contributed by atoms with van der Waals surface area (Å²) < 4.78 is 68.3. The third-order valence-corrected chi connectivity index (χ3v) is 3.98. The summed E-state index contributed by atoms with van der Waals surface area (Å²) in [6.07, 6.45) is 1.32. The van der Waals surface area contributed by atoms with Crippen molar-refractivity contribution < 1.29 is 22.0 Å².